The van der Waals surface area contributed by atoms with Gasteiger partial charge in [-0.25, -0.2) is 4.68 Å². The zero-order chi connectivity index (χ0) is 13.7. The van der Waals surface area contributed by atoms with E-state index in [0.29, 0.717) is 10.4 Å². The molecule has 0 aliphatic carbocycles. The smallest absolute Gasteiger partial charge is 0.283 e. The standard InChI is InChI=1S/C12H20BrN3OS/c1-8(2)16-12(17)11(13)10(6-15-16)14-5-9(3)7-18-4/h6,8-9,14H,5,7H2,1-4H3. The van der Waals surface area contributed by atoms with Gasteiger partial charge in [0.25, 0.3) is 5.56 Å². The van der Waals surface area contributed by atoms with Gasteiger partial charge >= 0.3 is 0 Å². The van der Waals surface area contributed by atoms with Crippen LogP contribution in [0.3, 0.4) is 0 Å². The molecule has 1 atom stereocenters. The maximum atomic E-state index is 12.0. The fraction of sp³-hybridized carbons (Fsp3) is 0.667. The zero-order valence-electron chi connectivity index (χ0n) is 11.2. The molecule has 1 unspecified atom stereocenters. The van der Waals surface area contributed by atoms with E-state index in [1.807, 2.05) is 25.6 Å². The van der Waals surface area contributed by atoms with Crippen molar-refractivity contribution in [3.8, 4) is 0 Å². The first-order valence-electron chi connectivity index (χ1n) is 5.97. The molecule has 1 aromatic heterocycles. The molecule has 6 heteroatoms. The van der Waals surface area contributed by atoms with Crippen LogP contribution in [0.1, 0.15) is 26.8 Å². The van der Waals surface area contributed by atoms with Crippen LogP contribution in [-0.2, 0) is 0 Å². The molecule has 1 heterocycles. The van der Waals surface area contributed by atoms with Crippen molar-refractivity contribution < 1.29 is 0 Å². The van der Waals surface area contributed by atoms with Crippen molar-refractivity contribution in [1.29, 1.82) is 0 Å². The van der Waals surface area contributed by atoms with Gasteiger partial charge < -0.3 is 5.32 Å². The first-order valence-corrected chi connectivity index (χ1v) is 8.16. The van der Waals surface area contributed by atoms with Crippen molar-refractivity contribution in [3.63, 3.8) is 0 Å². The number of thioether (sulfide) groups is 1. The Kier molecular flexibility index (Phi) is 6.21. The SMILES string of the molecule is CSCC(C)CNc1cnn(C(C)C)c(=O)c1Br. The van der Waals surface area contributed by atoms with Crippen LogP contribution in [0.5, 0.6) is 0 Å². The normalized spacial score (nSPS) is 12.8. The summed E-state index contributed by atoms with van der Waals surface area (Å²) in [6.07, 6.45) is 3.80. The zero-order valence-corrected chi connectivity index (χ0v) is 13.6. The average molecular weight is 334 g/mol. The van der Waals surface area contributed by atoms with Crippen LogP contribution in [-0.4, -0.2) is 28.3 Å². The van der Waals surface area contributed by atoms with Gasteiger partial charge in [-0.3, -0.25) is 4.79 Å². The molecule has 1 aromatic rings. The summed E-state index contributed by atoms with van der Waals surface area (Å²) in [5.41, 5.74) is 0.678. The predicted molar refractivity (Wildman–Crippen MR) is 82.6 cm³/mol. The average Bonchev–Trinajstić information content (AvgIpc) is 2.31. The molecule has 0 aromatic carbocycles. The molecule has 0 spiro atoms. The summed E-state index contributed by atoms with van der Waals surface area (Å²) in [5, 5.41) is 7.44. The highest BCUT2D eigenvalue weighted by Gasteiger charge is 2.11. The molecule has 0 saturated heterocycles. The van der Waals surface area contributed by atoms with Crippen LogP contribution in [0, 0.1) is 5.92 Å². The Morgan fingerprint density at radius 1 is 1.50 bits per heavy atom. The minimum absolute atomic E-state index is 0.0678. The molecule has 18 heavy (non-hydrogen) atoms. The van der Waals surface area contributed by atoms with E-state index in [2.05, 4.69) is 39.5 Å². The van der Waals surface area contributed by atoms with Crippen molar-refractivity contribution in [2.45, 2.75) is 26.8 Å². The van der Waals surface area contributed by atoms with E-state index in [1.54, 1.807) is 6.20 Å². The molecule has 0 aliphatic heterocycles. The van der Waals surface area contributed by atoms with E-state index in [9.17, 15) is 4.79 Å². The lowest BCUT2D eigenvalue weighted by Gasteiger charge is -2.15. The Morgan fingerprint density at radius 3 is 2.72 bits per heavy atom. The Bertz CT molecular complexity index is 447. The topological polar surface area (TPSA) is 46.9 Å². The minimum Gasteiger partial charge on any atom is -0.382 e. The monoisotopic (exact) mass is 333 g/mol. The lowest BCUT2D eigenvalue weighted by molar-refractivity contribution is 0.501. The van der Waals surface area contributed by atoms with Crippen molar-refractivity contribution in [1.82, 2.24) is 9.78 Å². The van der Waals surface area contributed by atoms with Crippen LogP contribution in [0.4, 0.5) is 5.69 Å². The van der Waals surface area contributed by atoms with E-state index in [0.717, 1.165) is 18.0 Å². The minimum atomic E-state index is -0.0903. The highest BCUT2D eigenvalue weighted by molar-refractivity contribution is 9.10. The third-order valence-corrected chi connectivity index (χ3v) is 4.19. The molecular weight excluding hydrogens is 314 g/mol. The van der Waals surface area contributed by atoms with E-state index in [-0.39, 0.29) is 11.6 Å². The molecule has 0 radical (unpaired) electrons. The second-order valence-corrected chi connectivity index (χ2v) is 6.36. The lowest BCUT2D eigenvalue weighted by atomic mass is 10.2. The van der Waals surface area contributed by atoms with Gasteiger partial charge in [0, 0.05) is 6.54 Å². The van der Waals surface area contributed by atoms with E-state index < -0.39 is 0 Å². The van der Waals surface area contributed by atoms with Crippen LogP contribution in [0.15, 0.2) is 15.5 Å². The second kappa shape index (κ2) is 7.19. The molecule has 102 valence electrons. The molecule has 0 aliphatic rings. The molecule has 1 rings (SSSR count). The van der Waals surface area contributed by atoms with E-state index in [4.69, 9.17) is 0 Å². The maximum Gasteiger partial charge on any atom is 0.283 e. The largest absolute Gasteiger partial charge is 0.382 e. The lowest BCUT2D eigenvalue weighted by Crippen LogP contribution is -2.26. The van der Waals surface area contributed by atoms with Gasteiger partial charge in [-0.1, -0.05) is 6.92 Å². The predicted octanol–water partition coefficient (Wildman–Crippen LogP) is 3.00. The third kappa shape index (κ3) is 4.02. The van der Waals surface area contributed by atoms with Crippen molar-refractivity contribution in [2.75, 3.05) is 23.9 Å². The summed E-state index contributed by atoms with van der Waals surface area (Å²) in [7, 11) is 0. The molecule has 0 bridgehead atoms. The van der Waals surface area contributed by atoms with Gasteiger partial charge in [0.2, 0.25) is 0 Å². The van der Waals surface area contributed by atoms with Crippen LogP contribution in [0.25, 0.3) is 0 Å². The summed E-state index contributed by atoms with van der Waals surface area (Å²) < 4.78 is 2.03. The van der Waals surface area contributed by atoms with Gasteiger partial charge in [0.15, 0.2) is 0 Å². The van der Waals surface area contributed by atoms with Gasteiger partial charge in [-0.15, -0.1) is 0 Å². The number of hydrogen-bond donors (Lipinski definition) is 1. The summed E-state index contributed by atoms with van der Waals surface area (Å²) in [6.45, 7) is 6.90. The molecule has 1 N–H and O–H groups in total. The summed E-state index contributed by atoms with van der Waals surface area (Å²) in [5.74, 6) is 1.65. The first-order chi connectivity index (χ1) is 8.47. The number of halogens is 1. The van der Waals surface area contributed by atoms with Crippen molar-refractivity contribution in [2.24, 2.45) is 5.92 Å². The second-order valence-electron chi connectivity index (χ2n) is 4.66. The maximum absolute atomic E-state index is 12.0. The number of nitrogens with one attached hydrogen (secondary N) is 1. The Labute approximate surface area is 121 Å². The molecular formula is C12H20BrN3OS. The fourth-order valence-electron chi connectivity index (χ4n) is 1.56. The number of anilines is 1. The Hall–Kier alpha value is -0.490. The van der Waals surface area contributed by atoms with Gasteiger partial charge in [0.05, 0.1) is 17.9 Å². The summed E-state index contributed by atoms with van der Waals surface area (Å²) in [6, 6.07) is 0.0678. The molecule has 0 fully saturated rings. The number of rotatable bonds is 6. The molecule has 0 amide bonds. The van der Waals surface area contributed by atoms with Crippen LogP contribution < -0.4 is 10.9 Å². The van der Waals surface area contributed by atoms with Gasteiger partial charge in [-0.05, 0) is 47.7 Å². The molecule has 0 saturated carbocycles. The molecule has 4 nitrogen and oxygen atoms in total. The van der Waals surface area contributed by atoms with Gasteiger partial charge in [-0.2, -0.15) is 16.9 Å². The quantitative estimate of drug-likeness (QED) is 0.869. The summed E-state index contributed by atoms with van der Waals surface area (Å²) in [4.78, 5) is 12.0. The van der Waals surface area contributed by atoms with E-state index >= 15 is 0 Å². The van der Waals surface area contributed by atoms with Crippen molar-refractivity contribution >= 4 is 33.4 Å². The summed E-state index contributed by atoms with van der Waals surface area (Å²) >= 11 is 5.17. The fourth-order valence-corrected chi connectivity index (χ4v) is 2.67. The Balaban J connectivity index is 2.80. The van der Waals surface area contributed by atoms with Crippen LogP contribution >= 0.6 is 27.7 Å². The Morgan fingerprint density at radius 2 is 2.17 bits per heavy atom. The third-order valence-electron chi connectivity index (χ3n) is 2.52. The van der Waals surface area contributed by atoms with Crippen LogP contribution in [0.2, 0.25) is 0 Å². The van der Waals surface area contributed by atoms with E-state index in [1.165, 1.54) is 4.68 Å². The highest BCUT2D eigenvalue weighted by atomic mass is 79.9. The van der Waals surface area contributed by atoms with Crippen molar-refractivity contribution in [3.05, 3.63) is 21.0 Å². The number of aromatic nitrogens is 2. The first kappa shape index (κ1) is 15.6. The van der Waals surface area contributed by atoms with Gasteiger partial charge in [0.1, 0.15) is 4.47 Å². The highest BCUT2D eigenvalue weighted by Crippen LogP contribution is 2.18. The number of nitrogens with zero attached hydrogens (tertiary/aromatic N) is 2. The number of hydrogen-bond acceptors (Lipinski definition) is 4.